The summed E-state index contributed by atoms with van der Waals surface area (Å²) in [5.74, 6) is 6.86. The van der Waals surface area contributed by atoms with Gasteiger partial charge in [-0.2, -0.15) is 0 Å². The summed E-state index contributed by atoms with van der Waals surface area (Å²) in [5, 5.41) is 0.488. The minimum Gasteiger partial charge on any atom is -0.493 e. The molecule has 1 rings (SSSR count). The zero-order chi connectivity index (χ0) is 12.8. The maximum atomic E-state index is 6.09. The maximum absolute atomic E-state index is 6.09. The van der Waals surface area contributed by atoms with Crippen molar-refractivity contribution in [3.05, 3.63) is 22.7 Å². The number of hydrogen-bond acceptors (Lipinski definition) is 3. The summed E-state index contributed by atoms with van der Waals surface area (Å²) in [6, 6.07) is 3.43. The van der Waals surface area contributed by atoms with E-state index in [9.17, 15) is 0 Å². The Morgan fingerprint density at radius 3 is 2.59 bits per heavy atom. The molecule has 0 amide bonds. The summed E-state index contributed by atoms with van der Waals surface area (Å²) in [4.78, 5) is 0. The topological polar surface area (TPSA) is 44.5 Å². The zero-order valence-electron chi connectivity index (χ0n) is 10.2. The van der Waals surface area contributed by atoms with Crippen molar-refractivity contribution < 1.29 is 9.47 Å². The van der Waals surface area contributed by atoms with Gasteiger partial charge >= 0.3 is 0 Å². The van der Waals surface area contributed by atoms with Gasteiger partial charge in [0, 0.05) is 12.5 Å². The molecule has 1 atom stereocenters. The average molecular weight is 254 g/mol. The van der Waals surface area contributed by atoms with Crippen LogP contribution < -0.4 is 15.2 Å². The number of methoxy groups -OCH3 is 2. The molecule has 0 fully saturated rings. The van der Waals surface area contributed by atoms with E-state index in [0.717, 1.165) is 5.56 Å². The molecule has 4 heteroatoms. The van der Waals surface area contributed by atoms with E-state index in [1.165, 1.54) is 0 Å². The SMILES string of the molecule is CC#CCC(N)c1cc(Cl)c(OC)c(OC)c1. The zero-order valence-corrected chi connectivity index (χ0v) is 11.0. The molecule has 0 radical (unpaired) electrons. The number of halogens is 1. The Morgan fingerprint density at radius 1 is 1.35 bits per heavy atom. The predicted octanol–water partition coefficient (Wildman–Crippen LogP) is 2.77. The van der Waals surface area contributed by atoms with E-state index in [1.54, 1.807) is 27.2 Å². The normalized spacial score (nSPS) is 11.4. The Bertz CT molecular complexity index is 449. The smallest absolute Gasteiger partial charge is 0.179 e. The third kappa shape index (κ3) is 3.29. The molecular formula is C13H16ClNO2. The Kier molecular flexibility index (Phi) is 5.14. The summed E-state index contributed by atoms with van der Waals surface area (Å²) in [6.45, 7) is 1.79. The Morgan fingerprint density at radius 2 is 2.06 bits per heavy atom. The highest BCUT2D eigenvalue weighted by Gasteiger charge is 2.14. The second-order valence-electron chi connectivity index (χ2n) is 3.48. The van der Waals surface area contributed by atoms with E-state index in [4.69, 9.17) is 26.8 Å². The van der Waals surface area contributed by atoms with Crippen LogP contribution in [-0.2, 0) is 0 Å². The van der Waals surface area contributed by atoms with E-state index in [2.05, 4.69) is 11.8 Å². The van der Waals surface area contributed by atoms with Crippen LogP contribution in [0.4, 0.5) is 0 Å². The molecule has 0 saturated heterocycles. The van der Waals surface area contributed by atoms with Crippen LogP contribution in [-0.4, -0.2) is 14.2 Å². The van der Waals surface area contributed by atoms with Crippen molar-refractivity contribution in [2.45, 2.75) is 19.4 Å². The first-order valence-corrected chi connectivity index (χ1v) is 5.58. The monoisotopic (exact) mass is 253 g/mol. The molecule has 3 nitrogen and oxygen atoms in total. The molecular weight excluding hydrogens is 238 g/mol. The number of hydrogen-bond donors (Lipinski definition) is 1. The van der Waals surface area contributed by atoms with Gasteiger partial charge < -0.3 is 15.2 Å². The lowest BCUT2D eigenvalue weighted by molar-refractivity contribution is 0.354. The summed E-state index contributed by atoms with van der Waals surface area (Å²) < 4.78 is 10.4. The molecule has 1 unspecified atom stereocenters. The van der Waals surface area contributed by atoms with Crippen LogP contribution in [0.15, 0.2) is 12.1 Å². The molecule has 1 aromatic rings. The van der Waals surface area contributed by atoms with Crippen molar-refractivity contribution in [3.8, 4) is 23.3 Å². The van der Waals surface area contributed by atoms with Crippen LogP contribution in [0.5, 0.6) is 11.5 Å². The molecule has 0 aliphatic carbocycles. The van der Waals surface area contributed by atoms with Gasteiger partial charge in [-0.3, -0.25) is 0 Å². The molecule has 0 aliphatic rings. The van der Waals surface area contributed by atoms with Gasteiger partial charge in [0.15, 0.2) is 11.5 Å². The van der Waals surface area contributed by atoms with Gasteiger partial charge in [-0.15, -0.1) is 11.8 Å². The molecule has 2 N–H and O–H groups in total. The fraction of sp³-hybridized carbons (Fsp3) is 0.385. The van der Waals surface area contributed by atoms with Crippen molar-refractivity contribution in [2.75, 3.05) is 14.2 Å². The third-order valence-corrected chi connectivity index (χ3v) is 2.66. The van der Waals surface area contributed by atoms with Gasteiger partial charge in [-0.1, -0.05) is 11.6 Å². The molecule has 0 spiro atoms. The van der Waals surface area contributed by atoms with E-state index in [1.807, 2.05) is 6.07 Å². The predicted molar refractivity (Wildman–Crippen MR) is 69.6 cm³/mol. The van der Waals surface area contributed by atoms with Crippen LogP contribution >= 0.6 is 11.6 Å². The van der Waals surface area contributed by atoms with Crippen molar-refractivity contribution in [2.24, 2.45) is 5.73 Å². The van der Waals surface area contributed by atoms with Crippen LogP contribution in [0, 0.1) is 11.8 Å². The Hall–Kier alpha value is -1.37. The van der Waals surface area contributed by atoms with Gasteiger partial charge in [0.25, 0.3) is 0 Å². The fourth-order valence-electron chi connectivity index (χ4n) is 1.48. The van der Waals surface area contributed by atoms with Crippen molar-refractivity contribution in [3.63, 3.8) is 0 Å². The highest BCUT2D eigenvalue weighted by Crippen LogP contribution is 2.37. The molecule has 0 aliphatic heterocycles. The minimum absolute atomic E-state index is 0.181. The summed E-state index contributed by atoms with van der Waals surface area (Å²) in [6.07, 6.45) is 0.586. The van der Waals surface area contributed by atoms with Crippen molar-refractivity contribution in [1.29, 1.82) is 0 Å². The lowest BCUT2D eigenvalue weighted by Crippen LogP contribution is -2.09. The second kappa shape index (κ2) is 6.39. The number of ether oxygens (including phenoxy) is 2. The maximum Gasteiger partial charge on any atom is 0.179 e. The second-order valence-corrected chi connectivity index (χ2v) is 3.88. The Labute approximate surface area is 107 Å². The first-order chi connectivity index (χ1) is 8.13. The molecule has 0 saturated carbocycles. The molecule has 0 heterocycles. The largest absolute Gasteiger partial charge is 0.493 e. The van der Waals surface area contributed by atoms with E-state index < -0.39 is 0 Å². The third-order valence-electron chi connectivity index (χ3n) is 2.38. The summed E-state index contributed by atoms with van der Waals surface area (Å²) in [7, 11) is 3.11. The molecule has 0 bridgehead atoms. The molecule has 92 valence electrons. The number of nitrogens with two attached hydrogens (primary N) is 1. The summed E-state index contributed by atoms with van der Waals surface area (Å²) in [5.41, 5.74) is 6.89. The van der Waals surface area contributed by atoms with Crippen LogP contribution in [0.25, 0.3) is 0 Å². The van der Waals surface area contributed by atoms with Crippen LogP contribution in [0.2, 0.25) is 5.02 Å². The highest BCUT2D eigenvalue weighted by molar-refractivity contribution is 6.32. The summed E-state index contributed by atoms with van der Waals surface area (Å²) >= 11 is 6.09. The fourth-order valence-corrected chi connectivity index (χ4v) is 1.78. The Balaban J connectivity index is 3.09. The molecule has 0 aromatic heterocycles. The van der Waals surface area contributed by atoms with Crippen LogP contribution in [0.1, 0.15) is 24.9 Å². The molecule has 1 aromatic carbocycles. The van der Waals surface area contributed by atoms with Gasteiger partial charge in [0.2, 0.25) is 0 Å². The number of rotatable bonds is 4. The lowest BCUT2D eigenvalue weighted by atomic mass is 10.0. The van der Waals surface area contributed by atoms with Gasteiger partial charge in [0.05, 0.1) is 19.2 Å². The van der Waals surface area contributed by atoms with Gasteiger partial charge in [-0.25, -0.2) is 0 Å². The standard InChI is InChI=1S/C13H16ClNO2/c1-4-5-6-11(15)9-7-10(14)13(17-3)12(8-9)16-2/h7-8,11H,6,15H2,1-3H3. The number of benzene rings is 1. The van der Waals surface area contributed by atoms with Crippen LogP contribution in [0.3, 0.4) is 0 Å². The molecule has 17 heavy (non-hydrogen) atoms. The van der Waals surface area contributed by atoms with Gasteiger partial charge in [-0.05, 0) is 24.6 Å². The van der Waals surface area contributed by atoms with E-state index in [-0.39, 0.29) is 6.04 Å². The van der Waals surface area contributed by atoms with E-state index in [0.29, 0.717) is 22.9 Å². The van der Waals surface area contributed by atoms with Crippen molar-refractivity contribution in [1.82, 2.24) is 0 Å². The average Bonchev–Trinajstić information content (AvgIpc) is 2.34. The first-order valence-electron chi connectivity index (χ1n) is 5.20. The first kappa shape index (κ1) is 13.7. The van der Waals surface area contributed by atoms with Crippen molar-refractivity contribution >= 4 is 11.6 Å². The van der Waals surface area contributed by atoms with Gasteiger partial charge in [0.1, 0.15) is 0 Å². The quantitative estimate of drug-likeness (QED) is 0.840. The van der Waals surface area contributed by atoms with E-state index >= 15 is 0 Å². The lowest BCUT2D eigenvalue weighted by Gasteiger charge is -2.14. The minimum atomic E-state index is -0.181. The highest BCUT2D eigenvalue weighted by atomic mass is 35.5.